The van der Waals surface area contributed by atoms with Crippen LogP contribution in [0.5, 0.6) is 11.5 Å². The van der Waals surface area contributed by atoms with E-state index in [0.29, 0.717) is 30.6 Å². The van der Waals surface area contributed by atoms with Crippen molar-refractivity contribution in [1.29, 1.82) is 0 Å². The molecule has 1 fully saturated rings. The van der Waals surface area contributed by atoms with Gasteiger partial charge in [0.15, 0.2) is 11.5 Å². The van der Waals surface area contributed by atoms with E-state index in [4.69, 9.17) is 14.2 Å². The fraction of sp³-hybridized carbons (Fsp3) is 0.455. The summed E-state index contributed by atoms with van der Waals surface area (Å²) in [7, 11) is -3.62. The Morgan fingerprint density at radius 3 is 2.33 bits per heavy atom. The summed E-state index contributed by atoms with van der Waals surface area (Å²) in [6.45, 7) is 7.37. The molecule has 1 unspecified atom stereocenters. The Bertz CT molecular complexity index is 970. The molecule has 2 aliphatic rings. The number of nitrogens with zero attached hydrogens (tertiary/aromatic N) is 1. The smallest absolute Gasteiger partial charge is 0.240 e. The van der Waals surface area contributed by atoms with Crippen LogP contribution in [-0.2, 0) is 14.8 Å². The van der Waals surface area contributed by atoms with Crippen LogP contribution in [0.1, 0.15) is 36.9 Å². The Balaban J connectivity index is 1.54. The largest absolute Gasteiger partial charge is 0.454 e. The number of benzene rings is 2. The SMILES string of the molecule is CC(C)c1ccc(S(=O)(=O)NCC(c2ccc3c(c2)OCO3)N2CCOCC2)cc1. The van der Waals surface area contributed by atoms with Gasteiger partial charge in [-0.05, 0) is 41.3 Å². The maximum atomic E-state index is 12.9. The summed E-state index contributed by atoms with van der Waals surface area (Å²) in [4.78, 5) is 2.52. The van der Waals surface area contributed by atoms with Crippen LogP contribution in [-0.4, -0.2) is 53.0 Å². The third kappa shape index (κ3) is 4.62. The van der Waals surface area contributed by atoms with Crippen molar-refractivity contribution in [1.82, 2.24) is 9.62 Å². The van der Waals surface area contributed by atoms with Gasteiger partial charge in [0, 0.05) is 25.7 Å². The predicted molar refractivity (Wildman–Crippen MR) is 113 cm³/mol. The van der Waals surface area contributed by atoms with Crippen LogP contribution < -0.4 is 14.2 Å². The fourth-order valence-corrected chi connectivity index (χ4v) is 4.81. The van der Waals surface area contributed by atoms with Gasteiger partial charge < -0.3 is 14.2 Å². The maximum Gasteiger partial charge on any atom is 0.240 e. The van der Waals surface area contributed by atoms with Crippen LogP contribution in [0.4, 0.5) is 0 Å². The molecule has 0 aromatic heterocycles. The maximum absolute atomic E-state index is 12.9. The molecule has 0 radical (unpaired) electrons. The molecule has 7 nitrogen and oxygen atoms in total. The lowest BCUT2D eigenvalue weighted by atomic mass is 10.0. The van der Waals surface area contributed by atoms with Crippen LogP contribution >= 0.6 is 0 Å². The van der Waals surface area contributed by atoms with E-state index in [1.165, 1.54) is 0 Å². The second-order valence-corrected chi connectivity index (χ2v) is 9.62. The molecule has 8 heteroatoms. The van der Waals surface area contributed by atoms with Crippen LogP contribution in [0.2, 0.25) is 0 Å². The molecule has 162 valence electrons. The lowest BCUT2D eigenvalue weighted by Crippen LogP contribution is -2.43. The first-order valence-corrected chi connectivity index (χ1v) is 11.7. The first-order valence-electron chi connectivity index (χ1n) is 10.2. The van der Waals surface area contributed by atoms with Gasteiger partial charge >= 0.3 is 0 Å². The van der Waals surface area contributed by atoms with Gasteiger partial charge in [-0.3, -0.25) is 4.90 Å². The van der Waals surface area contributed by atoms with Gasteiger partial charge in [0.05, 0.1) is 18.1 Å². The molecule has 0 saturated carbocycles. The Morgan fingerprint density at radius 2 is 1.63 bits per heavy atom. The Hall–Kier alpha value is -2.13. The Morgan fingerprint density at radius 1 is 0.967 bits per heavy atom. The summed E-state index contributed by atoms with van der Waals surface area (Å²) in [6, 6.07) is 12.7. The van der Waals surface area contributed by atoms with E-state index in [9.17, 15) is 8.42 Å². The number of ether oxygens (including phenoxy) is 3. The summed E-state index contributed by atoms with van der Waals surface area (Å²) < 4.78 is 45.1. The van der Waals surface area contributed by atoms with E-state index in [1.54, 1.807) is 12.1 Å². The van der Waals surface area contributed by atoms with Crippen molar-refractivity contribution in [2.45, 2.75) is 30.7 Å². The van der Waals surface area contributed by atoms with Crippen molar-refractivity contribution >= 4 is 10.0 Å². The number of fused-ring (bicyclic) bond motifs is 1. The topological polar surface area (TPSA) is 77.1 Å². The average Bonchev–Trinajstić information content (AvgIpc) is 3.23. The molecule has 4 rings (SSSR count). The standard InChI is InChI=1S/C22H28N2O5S/c1-16(2)17-3-6-19(7-4-17)30(25,26)23-14-20(24-9-11-27-12-10-24)18-5-8-21-22(13-18)29-15-28-21/h3-8,13,16,20,23H,9-12,14-15H2,1-2H3. The third-order valence-electron chi connectivity index (χ3n) is 5.59. The highest BCUT2D eigenvalue weighted by molar-refractivity contribution is 7.89. The molecule has 2 aromatic rings. The molecule has 2 aromatic carbocycles. The molecule has 1 atom stereocenters. The summed E-state index contributed by atoms with van der Waals surface area (Å²) in [5, 5.41) is 0. The molecule has 0 bridgehead atoms. The molecule has 0 amide bonds. The Kier molecular flexibility index (Phi) is 6.29. The number of sulfonamides is 1. The van der Waals surface area contributed by atoms with E-state index >= 15 is 0 Å². The van der Waals surface area contributed by atoms with E-state index in [0.717, 1.165) is 24.2 Å². The van der Waals surface area contributed by atoms with Crippen molar-refractivity contribution in [3.63, 3.8) is 0 Å². The molecule has 0 aliphatic carbocycles. The number of nitrogens with one attached hydrogen (secondary N) is 1. The Labute approximate surface area is 178 Å². The van der Waals surface area contributed by atoms with Crippen molar-refractivity contribution in [2.75, 3.05) is 39.6 Å². The minimum absolute atomic E-state index is 0.131. The molecule has 2 aliphatic heterocycles. The zero-order valence-electron chi connectivity index (χ0n) is 17.3. The normalized spacial score (nSPS) is 18.0. The van der Waals surface area contributed by atoms with E-state index in [-0.39, 0.29) is 24.3 Å². The first-order chi connectivity index (χ1) is 14.4. The van der Waals surface area contributed by atoms with Gasteiger partial charge in [0.1, 0.15) is 0 Å². The van der Waals surface area contributed by atoms with Gasteiger partial charge in [-0.2, -0.15) is 0 Å². The summed E-state index contributed by atoms with van der Waals surface area (Å²) in [6.07, 6.45) is 0. The molecular formula is C22H28N2O5S. The number of morpholine rings is 1. The van der Waals surface area contributed by atoms with E-state index in [1.807, 2.05) is 30.3 Å². The van der Waals surface area contributed by atoms with Gasteiger partial charge in [-0.15, -0.1) is 0 Å². The van der Waals surface area contributed by atoms with Crippen LogP contribution in [0.3, 0.4) is 0 Å². The van der Waals surface area contributed by atoms with Gasteiger partial charge in [-0.1, -0.05) is 32.0 Å². The van der Waals surface area contributed by atoms with Crippen LogP contribution in [0, 0.1) is 0 Å². The summed E-state index contributed by atoms with van der Waals surface area (Å²) in [5.41, 5.74) is 2.10. The molecular weight excluding hydrogens is 404 g/mol. The average molecular weight is 433 g/mol. The predicted octanol–water partition coefficient (Wildman–Crippen LogP) is 2.89. The van der Waals surface area contributed by atoms with E-state index < -0.39 is 10.0 Å². The first kappa shape index (κ1) is 21.1. The van der Waals surface area contributed by atoms with Gasteiger partial charge in [-0.25, -0.2) is 13.1 Å². The molecule has 1 N–H and O–H groups in total. The highest BCUT2D eigenvalue weighted by Crippen LogP contribution is 2.35. The minimum atomic E-state index is -3.62. The zero-order valence-corrected chi connectivity index (χ0v) is 18.2. The summed E-state index contributed by atoms with van der Waals surface area (Å²) in [5.74, 6) is 1.76. The molecule has 2 heterocycles. The van der Waals surface area contributed by atoms with Crippen LogP contribution in [0.15, 0.2) is 47.4 Å². The third-order valence-corrected chi connectivity index (χ3v) is 7.03. The van der Waals surface area contributed by atoms with Crippen molar-refractivity contribution in [2.24, 2.45) is 0 Å². The second kappa shape index (κ2) is 8.93. The fourth-order valence-electron chi connectivity index (χ4n) is 3.77. The highest BCUT2D eigenvalue weighted by atomic mass is 32.2. The highest BCUT2D eigenvalue weighted by Gasteiger charge is 2.27. The number of hydrogen-bond donors (Lipinski definition) is 1. The quantitative estimate of drug-likeness (QED) is 0.725. The molecule has 1 saturated heterocycles. The van der Waals surface area contributed by atoms with Gasteiger partial charge in [0.25, 0.3) is 0 Å². The van der Waals surface area contributed by atoms with E-state index in [2.05, 4.69) is 23.5 Å². The second-order valence-electron chi connectivity index (χ2n) is 7.85. The number of hydrogen-bond acceptors (Lipinski definition) is 6. The molecule has 30 heavy (non-hydrogen) atoms. The monoisotopic (exact) mass is 432 g/mol. The van der Waals surface area contributed by atoms with Gasteiger partial charge in [0.2, 0.25) is 16.8 Å². The minimum Gasteiger partial charge on any atom is -0.454 e. The summed E-state index contributed by atoms with van der Waals surface area (Å²) >= 11 is 0. The lowest BCUT2D eigenvalue weighted by Gasteiger charge is -2.35. The van der Waals surface area contributed by atoms with Crippen LogP contribution in [0.25, 0.3) is 0 Å². The zero-order chi connectivity index (χ0) is 21.1. The molecule has 0 spiro atoms. The van der Waals surface area contributed by atoms with Crippen molar-refractivity contribution in [3.8, 4) is 11.5 Å². The lowest BCUT2D eigenvalue weighted by molar-refractivity contribution is 0.0171. The van der Waals surface area contributed by atoms with Crippen molar-refractivity contribution in [3.05, 3.63) is 53.6 Å². The number of rotatable bonds is 7. The van der Waals surface area contributed by atoms with Crippen molar-refractivity contribution < 1.29 is 22.6 Å².